The summed E-state index contributed by atoms with van der Waals surface area (Å²) in [5, 5.41) is 3.08. The second-order valence-corrected chi connectivity index (χ2v) is 7.43. The van der Waals surface area contributed by atoms with E-state index in [2.05, 4.69) is 12.2 Å². The van der Waals surface area contributed by atoms with Crippen molar-refractivity contribution >= 4 is 9.84 Å². The number of rotatable bonds is 5. The van der Waals surface area contributed by atoms with Gasteiger partial charge in [0.2, 0.25) is 0 Å². The summed E-state index contributed by atoms with van der Waals surface area (Å²) in [6, 6.07) is 0. The van der Waals surface area contributed by atoms with Crippen LogP contribution in [0.5, 0.6) is 0 Å². The molecule has 0 aromatic carbocycles. The molecule has 0 unspecified atom stereocenters. The van der Waals surface area contributed by atoms with Gasteiger partial charge in [0.25, 0.3) is 0 Å². The molecule has 3 nitrogen and oxygen atoms in total. The van der Waals surface area contributed by atoms with E-state index >= 15 is 0 Å². The predicted molar refractivity (Wildman–Crippen MR) is 59.2 cm³/mol. The van der Waals surface area contributed by atoms with Gasteiger partial charge in [-0.05, 0) is 40.0 Å². The van der Waals surface area contributed by atoms with Crippen LogP contribution in [0, 0.1) is 0 Å². The van der Waals surface area contributed by atoms with Crippen LogP contribution in [0.3, 0.4) is 0 Å². The van der Waals surface area contributed by atoms with Crippen molar-refractivity contribution in [3.63, 3.8) is 0 Å². The highest BCUT2D eigenvalue weighted by molar-refractivity contribution is 7.92. The molecule has 1 saturated carbocycles. The molecule has 1 rings (SSSR count). The Morgan fingerprint density at radius 2 is 1.93 bits per heavy atom. The maximum Gasteiger partial charge on any atom is 0.153 e. The normalized spacial score (nSPS) is 20.9. The quantitative estimate of drug-likeness (QED) is 0.759. The van der Waals surface area contributed by atoms with E-state index in [1.807, 2.05) is 0 Å². The SMILES string of the molecule is CC(C)S(=O)(=O)CCNC1(C)CCC1. The lowest BCUT2D eigenvalue weighted by atomic mass is 9.79. The van der Waals surface area contributed by atoms with Crippen molar-refractivity contribution in [3.8, 4) is 0 Å². The number of hydrogen-bond acceptors (Lipinski definition) is 3. The Kier molecular flexibility index (Phi) is 3.58. The van der Waals surface area contributed by atoms with Crippen LogP contribution in [0.25, 0.3) is 0 Å². The van der Waals surface area contributed by atoms with Crippen LogP contribution in [-0.4, -0.2) is 31.5 Å². The summed E-state index contributed by atoms with van der Waals surface area (Å²) < 4.78 is 23.0. The average molecular weight is 219 g/mol. The molecular weight excluding hydrogens is 198 g/mol. The zero-order valence-corrected chi connectivity index (χ0v) is 10.2. The molecule has 0 spiro atoms. The summed E-state index contributed by atoms with van der Waals surface area (Å²) in [7, 11) is -2.87. The minimum absolute atomic E-state index is 0.215. The third-order valence-electron chi connectivity index (χ3n) is 3.11. The molecule has 4 heteroatoms. The average Bonchev–Trinajstić information content (AvgIpc) is 2.00. The molecule has 0 aromatic rings. The van der Waals surface area contributed by atoms with E-state index in [1.165, 1.54) is 19.3 Å². The highest BCUT2D eigenvalue weighted by Gasteiger charge is 2.31. The molecule has 0 atom stereocenters. The van der Waals surface area contributed by atoms with Crippen molar-refractivity contribution in [3.05, 3.63) is 0 Å². The standard InChI is InChI=1S/C10H21NO2S/c1-9(2)14(12,13)8-7-11-10(3)5-4-6-10/h9,11H,4-8H2,1-3H3. The Morgan fingerprint density at radius 1 is 1.36 bits per heavy atom. The van der Waals surface area contributed by atoms with Gasteiger partial charge in [-0.15, -0.1) is 0 Å². The fourth-order valence-electron chi connectivity index (χ4n) is 1.61. The minimum atomic E-state index is -2.87. The predicted octanol–water partition coefficient (Wildman–Crippen LogP) is 1.34. The third kappa shape index (κ3) is 2.95. The van der Waals surface area contributed by atoms with Crippen molar-refractivity contribution in [2.24, 2.45) is 0 Å². The van der Waals surface area contributed by atoms with Crippen molar-refractivity contribution in [1.29, 1.82) is 0 Å². The first-order chi connectivity index (χ1) is 6.36. The van der Waals surface area contributed by atoms with Crippen LogP contribution in [-0.2, 0) is 9.84 Å². The van der Waals surface area contributed by atoms with Gasteiger partial charge in [0.15, 0.2) is 9.84 Å². The number of hydrogen-bond donors (Lipinski definition) is 1. The van der Waals surface area contributed by atoms with Gasteiger partial charge in [0.05, 0.1) is 11.0 Å². The van der Waals surface area contributed by atoms with E-state index < -0.39 is 9.84 Å². The fraction of sp³-hybridized carbons (Fsp3) is 1.00. The molecule has 0 saturated heterocycles. The summed E-state index contributed by atoms with van der Waals surface area (Å²) in [5.41, 5.74) is 0.215. The zero-order chi connectivity index (χ0) is 10.8. The highest BCUT2D eigenvalue weighted by Crippen LogP contribution is 2.30. The lowest BCUT2D eigenvalue weighted by Crippen LogP contribution is -2.49. The molecule has 1 aliphatic carbocycles. The highest BCUT2D eigenvalue weighted by atomic mass is 32.2. The second-order valence-electron chi connectivity index (χ2n) is 4.76. The van der Waals surface area contributed by atoms with E-state index in [0.29, 0.717) is 6.54 Å². The maximum atomic E-state index is 11.5. The number of sulfone groups is 1. The molecule has 14 heavy (non-hydrogen) atoms. The van der Waals surface area contributed by atoms with Crippen molar-refractivity contribution in [2.75, 3.05) is 12.3 Å². The molecule has 1 N–H and O–H groups in total. The van der Waals surface area contributed by atoms with Crippen LogP contribution in [0.2, 0.25) is 0 Å². The van der Waals surface area contributed by atoms with Crippen LogP contribution in [0.1, 0.15) is 40.0 Å². The number of nitrogens with one attached hydrogen (secondary N) is 1. The molecular formula is C10H21NO2S. The van der Waals surface area contributed by atoms with Gasteiger partial charge in [0.1, 0.15) is 0 Å². The Labute approximate surface area is 87.2 Å². The van der Waals surface area contributed by atoms with Crippen LogP contribution in [0.15, 0.2) is 0 Å². The van der Waals surface area contributed by atoms with E-state index in [4.69, 9.17) is 0 Å². The summed E-state index contributed by atoms with van der Waals surface area (Å²) in [6.45, 7) is 6.23. The van der Waals surface area contributed by atoms with E-state index in [1.54, 1.807) is 13.8 Å². The largest absolute Gasteiger partial charge is 0.311 e. The summed E-state index contributed by atoms with van der Waals surface area (Å²) in [4.78, 5) is 0. The molecule has 0 radical (unpaired) electrons. The summed E-state index contributed by atoms with van der Waals surface area (Å²) >= 11 is 0. The smallest absolute Gasteiger partial charge is 0.153 e. The zero-order valence-electron chi connectivity index (χ0n) is 9.34. The second kappa shape index (κ2) is 4.19. The Hall–Kier alpha value is -0.0900. The van der Waals surface area contributed by atoms with Crippen LogP contribution < -0.4 is 5.32 Å². The molecule has 0 heterocycles. The van der Waals surface area contributed by atoms with Crippen LogP contribution >= 0.6 is 0 Å². The van der Waals surface area contributed by atoms with Gasteiger partial charge in [-0.25, -0.2) is 8.42 Å². The van der Waals surface area contributed by atoms with Gasteiger partial charge in [0, 0.05) is 12.1 Å². The van der Waals surface area contributed by atoms with E-state index in [9.17, 15) is 8.42 Å². The topological polar surface area (TPSA) is 46.2 Å². The van der Waals surface area contributed by atoms with Gasteiger partial charge >= 0.3 is 0 Å². The van der Waals surface area contributed by atoms with Gasteiger partial charge in [-0.3, -0.25) is 0 Å². The Morgan fingerprint density at radius 3 is 2.29 bits per heavy atom. The molecule has 1 fully saturated rings. The first-order valence-corrected chi connectivity index (χ1v) is 7.04. The molecule has 0 aliphatic heterocycles. The first kappa shape index (κ1) is 12.0. The van der Waals surface area contributed by atoms with E-state index in [-0.39, 0.29) is 16.5 Å². The van der Waals surface area contributed by atoms with Crippen molar-refractivity contribution in [2.45, 2.75) is 50.8 Å². The third-order valence-corrected chi connectivity index (χ3v) is 5.32. The monoisotopic (exact) mass is 219 g/mol. The molecule has 0 aromatic heterocycles. The van der Waals surface area contributed by atoms with Crippen LogP contribution in [0.4, 0.5) is 0 Å². The lowest BCUT2D eigenvalue weighted by Gasteiger charge is -2.39. The lowest BCUT2D eigenvalue weighted by molar-refractivity contribution is 0.213. The summed E-state index contributed by atoms with van der Waals surface area (Å²) in [5.74, 6) is 0.264. The summed E-state index contributed by atoms with van der Waals surface area (Å²) in [6.07, 6.45) is 3.61. The van der Waals surface area contributed by atoms with Gasteiger partial charge < -0.3 is 5.32 Å². The minimum Gasteiger partial charge on any atom is -0.311 e. The maximum absolute atomic E-state index is 11.5. The van der Waals surface area contributed by atoms with E-state index in [0.717, 1.165) is 0 Å². The van der Waals surface area contributed by atoms with Crippen molar-refractivity contribution < 1.29 is 8.42 Å². The molecule has 0 amide bonds. The molecule has 84 valence electrons. The van der Waals surface area contributed by atoms with Crippen molar-refractivity contribution in [1.82, 2.24) is 5.32 Å². The van der Waals surface area contributed by atoms with Gasteiger partial charge in [-0.2, -0.15) is 0 Å². The first-order valence-electron chi connectivity index (χ1n) is 5.32. The Balaban J connectivity index is 2.28. The van der Waals surface area contributed by atoms with Gasteiger partial charge in [-0.1, -0.05) is 0 Å². The Bertz CT molecular complexity index is 278. The fourth-order valence-corrected chi connectivity index (χ4v) is 2.47. The molecule has 0 bridgehead atoms. The molecule has 1 aliphatic rings.